The number of esters is 1. The van der Waals surface area contributed by atoms with Crippen molar-refractivity contribution in [3.05, 3.63) is 69.7 Å². The third-order valence-electron chi connectivity index (χ3n) is 3.60. The van der Waals surface area contributed by atoms with Gasteiger partial charge in [-0.1, -0.05) is 53.5 Å². The predicted octanol–water partition coefficient (Wildman–Crippen LogP) is 4.59. The zero-order valence-corrected chi connectivity index (χ0v) is 16.5. The molecule has 0 bridgehead atoms. The van der Waals surface area contributed by atoms with Crippen molar-refractivity contribution in [3.63, 3.8) is 0 Å². The SMILES string of the molecule is CSCC[C@H](NC(=O)c1ccc(Cl)cc1Cl)C(=O)OCc1ccccc1. The van der Waals surface area contributed by atoms with Crippen molar-refractivity contribution in [1.29, 1.82) is 0 Å². The van der Waals surface area contributed by atoms with E-state index in [4.69, 9.17) is 27.9 Å². The fourth-order valence-corrected chi connectivity index (χ4v) is 3.19. The highest BCUT2D eigenvalue weighted by atomic mass is 35.5. The van der Waals surface area contributed by atoms with Crippen LogP contribution in [0.3, 0.4) is 0 Å². The molecule has 0 spiro atoms. The molecule has 2 aromatic rings. The van der Waals surface area contributed by atoms with Gasteiger partial charge in [-0.25, -0.2) is 4.79 Å². The van der Waals surface area contributed by atoms with Crippen molar-refractivity contribution < 1.29 is 14.3 Å². The number of carbonyl (C=O) groups is 2. The largest absolute Gasteiger partial charge is 0.459 e. The smallest absolute Gasteiger partial charge is 0.329 e. The molecule has 0 aliphatic heterocycles. The lowest BCUT2D eigenvalue weighted by atomic mass is 10.1. The lowest BCUT2D eigenvalue weighted by molar-refractivity contribution is -0.147. The number of hydrogen-bond donors (Lipinski definition) is 1. The number of rotatable bonds is 8. The molecule has 0 saturated carbocycles. The van der Waals surface area contributed by atoms with E-state index in [2.05, 4.69) is 5.32 Å². The molecule has 4 nitrogen and oxygen atoms in total. The first-order chi connectivity index (χ1) is 12.5. The molecule has 0 radical (unpaired) electrons. The Balaban J connectivity index is 2.03. The third kappa shape index (κ3) is 6.24. The molecule has 0 aliphatic carbocycles. The Labute approximate surface area is 167 Å². The molecule has 0 aromatic heterocycles. The first-order valence-electron chi connectivity index (χ1n) is 7.96. The van der Waals surface area contributed by atoms with Crippen molar-refractivity contribution in [2.75, 3.05) is 12.0 Å². The number of hydrogen-bond acceptors (Lipinski definition) is 4. The minimum Gasteiger partial charge on any atom is -0.459 e. The van der Waals surface area contributed by atoms with Gasteiger partial charge in [-0.3, -0.25) is 4.79 Å². The van der Waals surface area contributed by atoms with Gasteiger partial charge >= 0.3 is 5.97 Å². The molecule has 138 valence electrons. The van der Waals surface area contributed by atoms with Crippen molar-refractivity contribution in [1.82, 2.24) is 5.32 Å². The Bertz CT molecular complexity index is 756. The second-order valence-electron chi connectivity index (χ2n) is 5.52. The zero-order chi connectivity index (χ0) is 18.9. The van der Waals surface area contributed by atoms with Crippen molar-refractivity contribution >= 4 is 46.8 Å². The summed E-state index contributed by atoms with van der Waals surface area (Å²) in [7, 11) is 0. The molecule has 0 fully saturated rings. The lowest BCUT2D eigenvalue weighted by Crippen LogP contribution is -2.42. The van der Waals surface area contributed by atoms with Crippen LogP contribution in [-0.2, 0) is 16.1 Å². The molecule has 0 unspecified atom stereocenters. The summed E-state index contributed by atoms with van der Waals surface area (Å²) in [5.74, 6) is -0.199. The van der Waals surface area contributed by atoms with Crippen LogP contribution in [0.5, 0.6) is 0 Å². The Hall–Kier alpha value is -1.69. The van der Waals surface area contributed by atoms with Crippen LogP contribution in [-0.4, -0.2) is 29.9 Å². The molecular formula is C19H19Cl2NO3S. The summed E-state index contributed by atoms with van der Waals surface area (Å²) < 4.78 is 5.36. The number of ether oxygens (including phenoxy) is 1. The summed E-state index contributed by atoms with van der Waals surface area (Å²) in [5.41, 5.74) is 1.15. The van der Waals surface area contributed by atoms with Gasteiger partial charge in [0.1, 0.15) is 12.6 Å². The predicted molar refractivity (Wildman–Crippen MR) is 107 cm³/mol. The van der Waals surface area contributed by atoms with Gasteiger partial charge < -0.3 is 10.1 Å². The van der Waals surface area contributed by atoms with E-state index >= 15 is 0 Å². The first kappa shape index (κ1) is 20.6. The van der Waals surface area contributed by atoms with Gasteiger partial charge in [0.2, 0.25) is 0 Å². The molecule has 1 N–H and O–H groups in total. The molecule has 0 heterocycles. The van der Waals surface area contributed by atoms with Gasteiger partial charge in [0.15, 0.2) is 0 Å². The van der Waals surface area contributed by atoms with Crippen LogP contribution < -0.4 is 5.32 Å². The van der Waals surface area contributed by atoms with Gasteiger partial charge in [0.25, 0.3) is 5.91 Å². The van der Waals surface area contributed by atoms with E-state index in [1.165, 1.54) is 12.1 Å². The average Bonchev–Trinajstić information content (AvgIpc) is 2.63. The highest BCUT2D eigenvalue weighted by Crippen LogP contribution is 2.21. The summed E-state index contributed by atoms with van der Waals surface area (Å²) in [6.45, 7) is 0.160. The highest BCUT2D eigenvalue weighted by Gasteiger charge is 2.23. The van der Waals surface area contributed by atoms with Crippen molar-refractivity contribution in [2.45, 2.75) is 19.1 Å². The van der Waals surface area contributed by atoms with Crippen molar-refractivity contribution in [2.24, 2.45) is 0 Å². The minimum atomic E-state index is -0.745. The number of amides is 1. The second-order valence-corrected chi connectivity index (χ2v) is 7.35. The van der Waals surface area contributed by atoms with Crippen LogP contribution in [0.2, 0.25) is 10.0 Å². The van der Waals surface area contributed by atoms with Crippen LogP contribution in [0.4, 0.5) is 0 Å². The van der Waals surface area contributed by atoms with Gasteiger partial charge in [-0.15, -0.1) is 0 Å². The molecule has 7 heteroatoms. The standard InChI is InChI=1S/C19H19Cl2NO3S/c1-26-10-9-17(19(24)25-12-13-5-3-2-4-6-13)22-18(23)15-8-7-14(20)11-16(15)21/h2-8,11,17H,9-10,12H2,1H3,(H,22,23)/t17-/m0/s1. The Morgan fingerprint density at radius 3 is 2.54 bits per heavy atom. The van der Waals surface area contributed by atoms with Gasteiger partial charge in [-0.05, 0) is 42.2 Å². The van der Waals surface area contributed by atoms with E-state index in [-0.39, 0.29) is 17.2 Å². The van der Waals surface area contributed by atoms with Crippen LogP contribution in [0.1, 0.15) is 22.3 Å². The maximum Gasteiger partial charge on any atom is 0.329 e. The molecule has 1 amide bonds. The van der Waals surface area contributed by atoms with Gasteiger partial charge in [0.05, 0.1) is 10.6 Å². The number of benzene rings is 2. The van der Waals surface area contributed by atoms with E-state index in [0.29, 0.717) is 17.2 Å². The van der Waals surface area contributed by atoms with Gasteiger partial charge in [0, 0.05) is 5.02 Å². The maximum absolute atomic E-state index is 12.5. The molecule has 0 aliphatic rings. The fourth-order valence-electron chi connectivity index (χ4n) is 2.22. The monoisotopic (exact) mass is 411 g/mol. The summed E-state index contributed by atoms with van der Waals surface area (Å²) >= 11 is 13.5. The molecule has 26 heavy (non-hydrogen) atoms. The van der Waals surface area contributed by atoms with Crippen molar-refractivity contribution in [3.8, 4) is 0 Å². The summed E-state index contributed by atoms with van der Waals surface area (Å²) in [4.78, 5) is 24.9. The van der Waals surface area contributed by atoms with E-state index in [9.17, 15) is 9.59 Å². The van der Waals surface area contributed by atoms with Crippen LogP contribution in [0.25, 0.3) is 0 Å². The molecule has 2 aromatic carbocycles. The third-order valence-corrected chi connectivity index (χ3v) is 4.79. The Morgan fingerprint density at radius 1 is 1.15 bits per heavy atom. The van der Waals surface area contributed by atoms with E-state index in [1.807, 2.05) is 36.6 Å². The summed E-state index contributed by atoms with van der Waals surface area (Å²) in [5, 5.41) is 3.38. The summed E-state index contributed by atoms with van der Waals surface area (Å²) in [6.07, 6.45) is 2.40. The highest BCUT2D eigenvalue weighted by molar-refractivity contribution is 7.98. The maximum atomic E-state index is 12.5. The van der Waals surface area contributed by atoms with E-state index in [0.717, 1.165) is 5.56 Å². The summed E-state index contributed by atoms with van der Waals surface area (Å²) in [6, 6.07) is 13.2. The molecule has 1 atom stereocenters. The second kappa shape index (κ2) is 10.5. The van der Waals surface area contributed by atoms with E-state index < -0.39 is 17.9 Å². The van der Waals surface area contributed by atoms with E-state index in [1.54, 1.807) is 17.8 Å². The number of nitrogens with one attached hydrogen (secondary N) is 1. The quantitative estimate of drug-likeness (QED) is 0.645. The van der Waals surface area contributed by atoms with Crippen LogP contribution in [0.15, 0.2) is 48.5 Å². The molecule has 2 rings (SSSR count). The minimum absolute atomic E-state index is 0.160. The molecule has 0 saturated heterocycles. The average molecular weight is 412 g/mol. The number of thioether (sulfide) groups is 1. The topological polar surface area (TPSA) is 55.4 Å². The van der Waals surface area contributed by atoms with Crippen LogP contribution >= 0.6 is 35.0 Å². The number of carbonyl (C=O) groups excluding carboxylic acids is 2. The number of halogens is 2. The Kier molecular flexibility index (Phi) is 8.29. The fraction of sp³-hybridized carbons (Fsp3) is 0.263. The zero-order valence-electron chi connectivity index (χ0n) is 14.2. The van der Waals surface area contributed by atoms with Gasteiger partial charge in [-0.2, -0.15) is 11.8 Å². The van der Waals surface area contributed by atoms with Crippen LogP contribution in [0, 0.1) is 0 Å². The first-order valence-corrected chi connectivity index (χ1v) is 10.1. The Morgan fingerprint density at radius 2 is 1.88 bits per heavy atom. The normalized spacial score (nSPS) is 11.7. The lowest BCUT2D eigenvalue weighted by Gasteiger charge is -2.18. The molecular weight excluding hydrogens is 393 g/mol.